The van der Waals surface area contributed by atoms with Gasteiger partial charge in [0, 0.05) is 7.11 Å². The van der Waals surface area contributed by atoms with Crippen LogP contribution in [-0.4, -0.2) is 47.1 Å². The molecule has 0 heterocycles. The third-order valence-electron chi connectivity index (χ3n) is 1.45. The minimum Gasteiger partial charge on any atom is -0.820 e. The maximum atomic E-state index is 10.7. The zero-order valence-corrected chi connectivity index (χ0v) is 11.6. The second-order valence-corrected chi connectivity index (χ2v) is 5.14. The molecule has 4 nitrogen and oxygen atoms in total. The summed E-state index contributed by atoms with van der Waals surface area (Å²) in [5.74, 6) is 0.530. The summed E-state index contributed by atoms with van der Waals surface area (Å²) < 4.78 is 10.2. The van der Waals surface area contributed by atoms with E-state index in [0.29, 0.717) is 5.75 Å². The third-order valence-corrected chi connectivity index (χ3v) is 1.45. The maximum absolute atomic E-state index is 10.7. The van der Waals surface area contributed by atoms with Gasteiger partial charge in [0.05, 0.1) is 33.9 Å². The lowest BCUT2D eigenvalue weighted by Crippen LogP contribution is -2.39. The molecule has 1 aromatic rings. The van der Waals surface area contributed by atoms with Crippen LogP contribution in [0.25, 0.3) is 0 Å². The standard InChI is InChI=1S/C8H10BO3.C4H12N/c1-7-3-5-8(6-4-7)12-9(10)11-2;1-5(2,3)4/h3-6H,1-2H3;1-4H3/q-1;+1. The molecule has 5 heteroatoms. The van der Waals surface area contributed by atoms with Crippen molar-refractivity contribution in [3.05, 3.63) is 29.8 Å². The lowest BCUT2D eigenvalue weighted by molar-refractivity contribution is -0.849. The molecular formula is C12H22BNO3. The first kappa shape index (κ1) is 16.0. The summed E-state index contributed by atoms with van der Waals surface area (Å²) in [7, 11) is 8.37. The highest BCUT2D eigenvalue weighted by Crippen LogP contribution is 2.11. The molecule has 0 aliphatic rings. The van der Waals surface area contributed by atoms with Gasteiger partial charge in [-0.3, -0.25) is 0 Å². The predicted octanol–water partition coefficient (Wildman–Crippen LogP) is 0.688. The molecule has 0 saturated carbocycles. The van der Waals surface area contributed by atoms with Crippen LogP contribution in [0.4, 0.5) is 0 Å². The van der Waals surface area contributed by atoms with Gasteiger partial charge in [0.15, 0.2) is 0 Å². The molecule has 1 rings (SSSR count). The quantitative estimate of drug-likeness (QED) is 0.575. The Balaban J connectivity index is 0.000000437. The smallest absolute Gasteiger partial charge is 0.418 e. The number of hydrogen-bond donors (Lipinski definition) is 0. The van der Waals surface area contributed by atoms with Gasteiger partial charge in [-0.25, -0.2) is 0 Å². The largest absolute Gasteiger partial charge is 0.820 e. The Bertz CT molecular complexity index is 303. The lowest BCUT2D eigenvalue weighted by Gasteiger charge is -2.17. The van der Waals surface area contributed by atoms with E-state index in [1.165, 1.54) is 7.11 Å². The molecule has 0 radical (unpaired) electrons. The molecular weight excluding hydrogens is 217 g/mol. The Morgan fingerprint density at radius 1 is 1.06 bits per heavy atom. The first-order chi connectivity index (χ1) is 7.72. The van der Waals surface area contributed by atoms with Crippen molar-refractivity contribution in [2.24, 2.45) is 0 Å². The average molecular weight is 239 g/mol. The molecule has 0 bridgehead atoms. The topological polar surface area (TPSA) is 41.5 Å². The maximum Gasteiger partial charge on any atom is 0.418 e. The number of rotatable bonds is 3. The first-order valence-corrected chi connectivity index (χ1v) is 5.43. The molecule has 0 aliphatic heterocycles. The number of aryl methyl sites for hydroxylation is 1. The fourth-order valence-corrected chi connectivity index (χ4v) is 0.776. The van der Waals surface area contributed by atoms with Crippen molar-refractivity contribution in [2.45, 2.75) is 6.92 Å². The van der Waals surface area contributed by atoms with Crippen molar-refractivity contribution in [3.8, 4) is 5.75 Å². The molecule has 0 aliphatic carbocycles. The van der Waals surface area contributed by atoms with Gasteiger partial charge in [-0.15, -0.1) is 0 Å². The zero-order chi connectivity index (χ0) is 13.5. The fraction of sp³-hybridized carbons (Fsp3) is 0.500. The number of nitrogens with zero attached hydrogens (tertiary/aromatic N) is 1. The molecule has 0 aromatic heterocycles. The van der Waals surface area contributed by atoms with Gasteiger partial charge in [-0.05, 0) is 19.1 Å². The molecule has 0 fully saturated rings. The van der Waals surface area contributed by atoms with Crippen molar-refractivity contribution in [1.29, 1.82) is 0 Å². The van der Waals surface area contributed by atoms with Gasteiger partial charge in [-0.1, -0.05) is 17.7 Å². The molecule has 0 spiro atoms. The van der Waals surface area contributed by atoms with Gasteiger partial charge in [0.2, 0.25) is 0 Å². The van der Waals surface area contributed by atoms with Crippen molar-refractivity contribution >= 4 is 7.32 Å². The van der Waals surface area contributed by atoms with Crippen LogP contribution in [0, 0.1) is 6.92 Å². The Hall–Kier alpha value is -1.04. The summed E-state index contributed by atoms with van der Waals surface area (Å²) >= 11 is 0. The summed E-state index contributed by atoms with van der Waals surface area (Å²) in [6, 6.07) is 7.22. The minimum atomic E-state index is -1.44. The molecule has 17 heavy (non-hydrogen) atoms. The van der Waals surface area contributed by atoms with Gasteiger partial charge in [0.25, 0.3) is 0 Å². The van der Waals surface area contributed by atoms with Crippen molar-refractivity contribution in [2.75, 3.05) is 35.3 Å². The normalized spacial score (nSPS) is 10.3. The van der Waals surface area contributed by atoms with Crippen LogP contribution < -0.4 is 9.68 Å². The monoisotopic (exact) mass is 239 g/mol. The van der Waals surface area contributed by atoms with Gasteiger partial charge >= 0.3 is 7.32 Å². The van der Waals surface area contributed by atoms with E-state index in [-0.39, 0.29) is 0 Å². The summed E-state index contributed by atoms with van der Waals surface area (Å²) in [5.41, 5.74) is 1.13. The highest BCUT2D eigenvalue weighted by Gasteiger charge is 1.99. The molecule has 96 valence electrons. The van der Waals surface area contributed by atoms with Crippen molar-refractivity contribution < 1.29 is 18.8 Å². The molecule has 0 amide bonds. The molecule has 1 aromatic carbocycles. The van der Waals surface area contributed by atoms with E-state index in [1.807, 2.05) is 19.1 Å². The average Bonchev–Trinajstić information content (AvgIpc) is 2.19. The van der Waals surface area contributed by atoms with Crippen LogP contribution in [-0.2, 0) is 4.65 Å². The number of quaternary nitrogens is 1. The second-order valence-electron chi connectivity index (χ2n) is 5.14. The molecule has 0 N–H and O–H groups in total. The minimum absolute atomic E-state index is 0.530. The molecule has 0 saturated heterocycles. The highest BCUT2D eigenvalue weighted by molar-refractivity contribution is 6.33. The Morgan fingerprint density at radius 2 is 1.47 bits per heavy atom. The van der Waals surface area contributed by atoms with E-state index in [9.17, 15) is 5.02 Å². The van der Waals surface area contributed by atoms with Crippen LogP contribution in [0.2, 0.25) is 0 Å². The SMILES string of the molecule is COB([O-])Oc1ccc(C)cc1.C[N+](C)(C)C. The van der Waals surface area contributed by atoms with Gasteiger partial charge < -0.3 is 18.8 Å². The van der Waals surface area contributed by atoms with Crippen LogP contribution in [0.5, 0.6) is 5.75 Å². The lowest BCUT2D eigenvalue weighted by atomic mass is 10.2. The predicted molar refractivity (Wildman–Crippen MR) is 68.5 cm³/mol. The summed E-state index contributed by atoms with van der Waals surface area (Å²) in [5, 5.41) is 10.7. The summed E-state index contributed by atoms with van der Waals surface area (Å²) in [6.07, 6.45) is 0. The van der Waals surface area contributed by atoms with E-state index in [0.717, 1.165) is 10.0 Å². The Labute approximate surface area is 105 Å². The highest BCUT2D eigenvalue weighted by atomic mass is 16.7. The van der Waals surface area contributed by atoms with E-state index in [4.69, 9.17) is 4.65 Å². The van der Waals surface area contributed by atoms with Crippen molar-refractivity contribution in [1.82, 2.24) is 0 Å². The van der Waals surface area contributed by atoms with Gasteiger partial charge in [0.1, 0.15) is 0 Å². The zero-order valence-electron chi connectivity index (χ0n) is 11.6. The van der Waals surface area contributed by atoms with Crippen LogP contribution in [0.3, 0.4) is 0 Å². The van der Waals surface area contributed by atoms with Gasteiger partial charge in [-0.2, -0.15) is 0 Å². The van der Waals surface area contributed by atoms with Crippen LogP contribution in [0.1, 0.15) is 5.56 Å². The molecule has 0 unspecified atom stereocenters. The van der Waals surface area contributed by atoms with E-state index < -0.39 is 7.32 Å². The summed E-state index contributed by atoms with van der Waals surface area (Å²) in [4.78, 5) is 0. The number of benzene rings is 1. The van der Waals surface area contributed by atoms with Crippen molar-refractivity contribution in [3.63, 3.8) is 0 Å². The van der Waals surface area contributed by atoms with E-state index in [1.54, 1.807) is 12.1 Å². The third kappa shape index (κ3) is 11.2. The second kappa shape index (κ2) is 7.32. The Morgan fingerprint density at radius 3 is 1.82 bits per heavy atom. The first-order valence-electron chi connectivity index (χ1n) is 5.43. The van der Waals surface area contributed by atoms with E-state index >= 15 is 0 Å². The van der Waals surface area contributed by atoms with E-state index in [2.05, 4.69) is 32.8 Å². The Kier molecular flexibility index (Phi) is 6.88. The fourth-order valence-electron chi connectivity index (χ4n) is 0.776. The number of hydrogen-bond acceptors (Lipinski definition) is 3. The molecule has 0 atom stereocenters. The van der Waals surface area contributed by atoms with Crippen LogP contribution >= 0.6 is 0 Å². The van der Waals surface area contributed by atoms with Crippen LogP contribution in [0.15, 0.2) is 24.3 Å². The summed E-state index contributed by atoms with van der Waals surface area (Å²) in [6.45, 7) is 1.97.